The van der Waals surface area contributed by atoms with Crippen molar-refractivity contribution < 1.29 is 9.90 Å². The number of H-pyrrole nitrogens is 2. The van der Waals surface area contributed by atoms with E-state index >= 15 is 0 Å². The molecule has 2 aromatic heterocycles. The second kappa shape index (κ2) is 8.22. The van der Waals surface area contributed by atoms with Crippen molar-refractivity contribution in [3.8, 4) is 11.4 Å². The van der Waals surface area contributed by atoms with Crippen LogP contribution < -0.4 is 10.9 Å². The molecule has 154 valence electrons. The number of benzene rings is 1. The number of aldehydes is 1. The Morgan fingerprint density at radius 3 is 3.00 bits per heavy atom. The fourth-order valence-electron chi connectivity index (χ4n) is 3.34. The Morgan fingerprint density at radius 1 is 1.40 bits per heavy atom. The monoisotopic (exact) mass is 488 g/mol. The van der Waals surface area contributed by atoms with Crippen LogP contribution >= 0.6 is 27.5 Å². The third-order valence-electron chi connectivity index (χ3n) is 4.89. The molecule has 2 heterocycles. The van der Waals surface area contributed by atoms with Crippen LogP contribution in [0.15, 0.2) is 47.4 Å². The van der Waals surface area contributed by atoms with Crippen molar-refractivity contribution >= 4 is 45.6 Å². The molecule has 2 unspecified atom stereocenters. The summed E-state index contributed by atoms with van der Waals surface area (Å²) in [5.41, 5.74) is 2.62. The smallest absolute Gasteiger partial charge is 0.261 e. The molecule has 0 radical (unpaired) electrons. The molecule has 1 aliphatic rings. The molecule has 0 fully saturated rings. The van der Waals surface area contributed by atoms with Gasteiger partial charge >= 0.3 is 0 Å². The Bertz CT molecular complexity index is 1190. The molecule has 1 aromatic carbocycles. The minimum absolute atomic E-state index is 0.173. The largest absolute Gasteiger partial charge is 0.387 e. The van der Waals surface area contributed by atoms with E-state index in [-0.39, 0.29) is 12.1 Å². The summed E-state index contributed by atoms with van der Waals surface area (Å²) in [7, 11) is 0. The molecule has 0 saturated heterocycles. The zero-order valence-corrected chi connectivity index (χ0v) is 18.0. The molecule has 0 aliphatic heterocycles. The highest BCUT2D eigenvalue weighted by Crippen LogP contribution is 2.32. The Hall–Kier alpha value is -2.68. The fraction of sp³-hybridized carbons (Fsp3) is 0.190. The highest BCUT2D eigenvalue weighted by atomic mass is 79.9. The maximum Gasteiger partial charge on any atom is 0.261 e. The van der Waals surface area contributed by atoms with Gasteiger partial charge in [-0.15, -0.1) is 0 Å². The minimum atomic E-state index is -0.815. The van der Waals surface area contributed by atoms with Crippen LogP contribution in [0.4, 0.5) is 5.69 Å². The molecular formula is C21H18BrClN4O3. The van der Waals surface area contributed by atoms with Crippen molar-refractivity contribution in [2.75, 3.05) is 11.9 Å². The van der Waals surface area contributed by atoms with Gasteiger partial charge in [0.25, 0.3) is 5.56 Å². The molecule has 0 amide bonds. The average molecular weight is 490 g/mol. The second-order valence-corrected chi connectivity index (χ2v) is 8.96. The molecule has 0 spiro atoms. The molecule has 4 N–H and O–H groups in total. The lowest BCUT2D eigenvalue weighted by molar-refractivity contribution is -0.108. The maximum absolute atomic E-state index is 12.6. The molecule has 4 rings (SSSR count). The number of carbonyl (C=O) groups is 1. The standard InChI is InChI=1S/C21H18BrClN4O3/c22-21(11-28)6-4-14-16(9-21)27-19(26-14)18-15(5-7-24-20(18)30)25-10-17(29)12-2-1-3-13(23)8-12/h1-8,11,17,29H,9-10H2,(H,26,27)(H2,24,25,30). The van der Waals surface area contributed by atoms with Crippen molar-refractivity contribution in [1.82, 2.24) is 15.0 Å². The van der Waals surface area contributed by atoms with Gasteiger partial charge in [0.05, 0.1) is 17.5 Å². The number of aromatic amines is 2. The lowest BCUT2D eigenvalue weighted by Gasteiger charge is -2.19. The normalized spacial score (nSPS) is 18.6. The Labute approximate surface area is 185 Å². The Kier molecular flexibility index (Phi) is 5.64. The summed E-state index contributed by atoms with van der Waals surface area (Å²) in [5, 5.41) is 14.1. The van der Waals surface area contributed by atoms with E-state index in [1.165, 1.54) is 6.20 Å². The van der Waals surface area contributed by atoms with Crippen molar-refractivity contribution in [2.24, 2.45) is 0 Å². The molecule has 30 heavy (non-hydrogen) atoms. The second-order valence-electron chi connectivity index (χ2n) is 7.05. The summed E-state index contributed by atoms with van der Waals surface area (Å²) < 4.78 is -0.783. The Balaban J connectivity index is 1.61. The lowest BCUT2D eigenvalue weighted by Crippen LogP contribution is -2.25. The van der Waals surface area contributed by atoms with Gasteiger partial charge in [0, 0.05) is 29.9 Å². The van der Waals surface area contributed by atoms with E-state index in [0.29, 0.717) is 39.8 Å². The first-order valence-corrected chi connectivity index (χ1v) is 10.4. The Morgan fingerprint density at radius 2 is 2.23 bits per heavy atom. The van der Waals surface area contributed by atoms with Crippen LogP contribution in [0, 0.1) is 0 Å². The SMILES string of the molecule is O=CC1(Br)C=Cc2nc(-c3c(NCC(O)c4cccc(Cl)c4)cc[nH]c3=O)[nH]c2C1. The summed E-state index contributed by atoms with van der Waals surface area (Å²) in [6.07, 6.45) is 5.42. The van der Waals surface area contributed by atoms with Crippen molar-refractivity contribution in [2.45, 2.75) is 16.8 Å². The van der Waals surface area contributed by atoms with Crippen LogP contribution in [-0.4, -0.2) is 37.2 Å². The maximum atomic E-state index is 12.6. The average Bonchev–Trinajstić information content (AvgIpc) is 3.14. The molecule has 9 heteroatoms. The number of pyridine rings is 1. The van der Waals surface area contributed by atoms with Crippen LogP contribution in [-0.2, 0) is 11.2 Å². The number of imidazole rings is 1. The summed E-state index contributed by atoms with van der Waals surface area (Å²) in [6.45, 7) is 0.173. The third kappa shape index (κ3) is 4.12. The summed E-state index contributed by atoms with van der Waals surface area (Å²) in [6, 6.07) is 8.69. The molecule has 0 bridgehead atoms. The molecule has 1 aliphatic carbocycles. The number of nitrogens with zero attached hydrogens (tertiary/aromatic N) is 1. The molecular weight excluding hydrogens is 472 g/mol. The number of allylic oxidation sites excluding steroid dienone is 1. The van der Waals surface area contributed by atoms with E-state index in [4.69, 9.17) is 11.6 Å². The predicted molar refractivity (Wildman–Crippen MR) is 120 cm³/mol. The number of carbonyl (C=O) groups excluding carboxylic acids is 1. The van der Waals surface area contributed by atoms with E-state index in [0.717, 1.165) is 12.0 Å². The van der Waals surface area contributed by atoms with Gasteiger partial charge < -0.3 is 25.2 Å². The van der Waals surface area contributed by atoms with Gasteiger partial charge in [0.2, 0.25) is 0 Å². The number of aliphatic hydroxyl groups is 1. The van der Waals surface area contributed by atoms with Gasteiger partial charge in [-0.2, -0.15) is 0 Å². The van der Waals surface area contributed by atoms with Gasteiger partial charge in [-0.05, 0) is 29.8 Å². The summed E-state index contributed by atoms with van der Waals surface area (Å²) in [4.78, 5) is 34.2. The number of hydrogen-bond donors (Lipinski definition) is 4. The van der Waals surface area contributed by atoms with Crippen LogP contribution in [0.3, 0.4) is 0 Å². The van der Waals surface area contributed by atoms with Gasteiger partial charge in [0.1, 0.15) is 22.0 Å². The number of rotatable bonds is 6. The molecule has 7 nitrogen and oxygen atoms in total. The van der Waals surface area contributed by atoms with Crippen LogP contribution in [0.1, 0.15) is 23.1 Å². The summed E-state index contributed by atoms with van der Waals surface area (Å²) in [5.74, 6) is 0.383. The van der Waals surface area contributed by atoms with Gasteiger partial charge in [-0.25, -0.2) is 4.98 Å². The highest BCUT2D eigenvalue weighted by molar-refractivity contribution is 9.10. The molecule has 3 aromatic rings. The predicted octanol–water partition coefficient (Wildman–Crippen LogP) is 3.47. The first-order chi connectivity index (χ1) is 14.4. The van der Waals surface area contributed by atoms with E-state index < -0.39 is 10.4 Å². The third-order valence-corrected chi connectivity index (χ3v) is 5.86. The molecule has 2 atom stereocenters. The quantitative estimate of drug-likeness (QED) is 0.313. The zero-order chi connectivity index (χ0) is 21.3. The number of hydrogen-bond acceptors (Lipinski definition) is 5. The first kappa shape index (κ1) is 20.6. The number of halogens is 2. The van der Waals surface area contributed by atoms with Crippen LogP contribution in [0.5, 0.6) is 0 Å². The number of alkyl halides is 1. The van der Waals surface area contributed by atoms with Crippen molar-refractivity contribution in [3.05, 3.63) is 74.9 Å². The van der Waals surface area contributed by atoms with Gasteiger partial charge in [-0.3, -0.25) is 4.79 Å². The van der Waals surface area contributed by atoms with E-state index in [2.05, 4.69) is 36.2 Å². The van der Waals surface area contributed by atoms with Gasteiger partial charge in [0.15, 0.2) is 0 Å². The van der Waals surface area contributed by atoms with E-state index in [9.17, 15) is 14.7 Å². The summed E-state index contributed by atoms with van der Waals surface area (Å²) >= 11 is 9.40. The topological polar surface area (TPSA) is 111 Å². The van der Waals surface area contributed by atoms with E-state index in [1.54, 1.807) is 42.5 Å². The molecule has 0 saturated carbocycles. The zero-order valence-electron chi connectivity index (χ0n) is 15.7. The minimum Gasteiger partial charge on any atom is -0.387 e. The van der Waals surface area contributed by atoms with E-state index in [1.807, 2.05) is 0 Å². The highest BCUT2D eigenvalue weighted by Gasteiger charge is 2.30. The number of aromatic nitrogens is 3. The van der Waals surface area contributed by atoms with Crippen LogP contribution in [0.25, 0.3) is 17.5 Å². The number of nitrogens with one attached hydrogen (secondary N) is 3. The first-order valence-electron chi connectivity index (χ1n) is 9.21. The van der Waals surface area contributed by atoms with Crippen LogP contribution in [0.2, 0.25) is 5.02 Å². The van der Waals surface area contributed by atoms with Crippen molar-refractivity contribution in [1.29, 1.82) is 0 Å². The lowest BCUT2D eigenvalue weighted by atomic mass is 9.98. The fourth-order valence-corrected chi connectivity index (χ4v) is 3.95. The number of anilines is 1. The van der Waals surface area contributed by atoms with Crippen molar-refractivity contribution in [3.63, 3.8) is 0 Å². The number of fused-ring (bicyclic) bond motifs is 1. The number of aliphatic hydroxyl groups excluding tert-OH is 1. The van der Waals surface area contributed by atoms with Gasteiger partial charge in [-0.1, -0.05) is 45.7 Å².